The second-order valence-electron chi connectivity index (χ2n) is 3.15. The third-order valence-corrected chi connectivity index (χ3v) is 1.76. The van der Waals surface area contributed by atoms with Crippen LogP contribution < -0.4 is 0 Å². The normalized spacial score (nSPS) is 16.3. The van der Waals surface area contributed by atoms with E-state index in [0.717, 1.165) is 0 Å². The Labute approximate surface area is 85.0 Å². The van der Waals surface area contributed by atoms with Gasteiger partial charge in [0, 0.05) is 6.42 Å². The van der Waals surface area contributed by atoms with Gasteiger partial charge in [0.2, 0.25) is 0 Å². The first-order valence-electron chi connectivity index (χ1n) is 4.07. The molecule has 0 heterocycles. The van der Waals surface area contributed by atoms with E-state index in [1.807, 2.05) is 0 Å². The molecule has 9 heteroatoms. The van der Waals surface area contributed by atoms with Crippen molar-refractivity contribution in [3.05, 3.63) is 0 Å². The van der Waals surface area contributed by atoms with Crippen LogP contribution in [0, 0.1) is 0 Å². The van der Waals surface area contributed by atoms with E-state index in [9.17, 15) is 35.1 Å². The monoisotopic (exact) mass is 260 g/mol. The molecular weight excluding hydrogens is 252 g/mol. The van der Waals surface area contributed by atoms with Crippen LogP contribution >= 0.6 is 0 Å². The molecule has 1 atom stereocenters. The molecule has 0 spiro atoms. The maximum atomic E-state index is 12.2. The third kappa shape index (κ3) is 4.50. The van der Waals surface area contributed by atoms with Gasteiger partial charge < -0.3 is 5.11 Å². The molecule has 0 amide bonds. The molecule has 0 rings (SSSR count). The van der Waals surface area contributed by atoms with E-state index in [-0.39, 0.29) is 0 Å². The molecule has 1 nitrogen and oxygen atoms in total. The number of alkyl halides is 8. The van der Waals surface area contributed by atoms with Gasteiger partial charge in [-0.25, -0.2) is 0 Å². The number of aliphatic hydroxyl groups excluding tert-OH is 1. The van der Waals surface area contributed by atoms with Crippen molar-refractivity contribution in [1.29, 1.82) is 0 Å². The van der Waals surface area contributed by atoms with Crippen LogP contribution in [-0.4, -0.2) is 29.5 Å². The first-order chi connectivity index (χ1) is 6.88. The van der Waals surface area contributed by atoms with Gasteiger partial charge in [-0.15, -0.1) is 0 Å². The molecular formula is C7H8F8O. The average Bonchev–Trinajstić information content (AvgIpc) is 1.99. The Morgan fingerprint density at radius 2 is 1.31 bits per heavy atom. The molecule has 0 aliphatic rings. The lowest BCUT2D eigenvalue weighted by molar-refractivity contribution is -0.285. The summed E-state index contributed by atoms with van der Waals surface area (Å²) >= 11 is 0. The number of rotatable bonds is 4. The lowest BCUT2D eigenvalue weighted by atomic mass is 10.1. The lowest BCUT2D eigenvalue weighted by Gasteiger charge is -2.20. The summed E-state index contributed by atoms with van der Waals surface area (Å²) in [4.78, 5) is 0. The molecule has 98 valence electrons. The lowest BCUT2D eigenvalue weighted by Crippen LogP contribution is -2.37. The van der Waals surface area contributed by atoms with Crippen LogP contribution in [0.4, 0.5) is 35.1 Å². The largest absolute Gasteiger partial charge is 0.453 e. The zero-order chi connectivity index (χ0) is 13.2. The number of hydrogen-bond acceptors (Lipinski definition) is 1. The summed E-state index contributed by atoms with van der Waals surface area (Å²) < 4.78 is 94.0. The van der Waals surface area contributed by atoms with Crippen molar-refractivity contribution in [2.75, 3.05) is 0 Å². The third-order valence-electron chi connectivity index (χ3n) is 1.76. The molecule has 0 saturated heterocycles. The highest BCUT2D eigenvalue weighted by molar-refractivity contribution is 4.76. The van der Waals surface area contributed by atoms with Crippen molar-refractivity contribution in [2.24, 2.45) is 0 Å². The van der Waals surface area contributed by atoms with Gasteiger partial charge in [-0.05, 0) is 12.8 Å². The van der Waals surface area contributed by atoms with Gasteiger partial charge in [0.1, 0.15) is 6.10 Å². The standard InChI is InChI=1S/C7H8F8O/c8-5(9,7(13,14)15)3-1-2-4(16)6(10,11)12/h4,16H,1-3H2. The summed E-state index contributed by atoms with van der Waals surface area (Å²) in [6, 6.07) is 0. The fraction of sp³-hybridized carbons (Fsp3) is 1.00. The molecule has 0 aromatic heterocycles. The van der Waals surface area contributed by atoms with Crippen LogP contribution in [0.25, 0.3) is 0 Å². The van der Waals surface area contributed by atoms with E-state index in [4.69, 9.17) is 5.11 Å². The molecule has 0 bridgehead atoms. The van der Waals surface area contributed by atoms with E-state index >= 15 is 0 Å². The Morgan fingerprint density at radius 1 is 0.875 bits per heavy atom. The second kappa shape index (κ2) is 4.72. The minimum absolute atomic E-state index is 1.08. The minimum Gasteiger partial charge on any atom is -0.384 e. The second-order valence-corrected chi connectivity index (χ2v) is 3.15. The highest BCUT2D eigenvalue weighted by Crippen LogP contribution is 2.39. The Hall–Kier alpha value is -0.600. The number of hydrogen-bond donors (Lipinski definition) is 1. The maximum Gasteiger partial charge on any atom is 0.453 e. The van der Waals surface area contributed by atoms with Crippen LogP contribution in [-0.2, 0) is 0 Å². The summed E-state index contributed by atoms with van der Waals surface area (Å²) in [7, 11) is 0. The zero-order valence-corrected chi connectivity index (χ0v) is 7.67. The fourth-order valence-electron chi connectivity index (χ4n) is 0.823. The Balaban J connectivity index is 4.10. The highest BCUT2D eigenvalue weighted by atomic mass is 19.4. The average molecular weight is 260 g/mol. The number of halogens is 8. The van der Waals surface area contributed by atoms with Crippen LogP contribution in [0.15, 0.2) is 0 Å². The predicted octanol–water partition coefficient (Wildman–Crippen LogP) is 3.28. The van der Waals surface area contributed by atoms with Crippen molar-refractivity contribution in [3.8, 4) is 0 Å². The molecule has 1 unspecified atom stereocenters. The van der Waals surface area contributed by atoms with Gasteiger partial charge in [0.05, 0.1) is 0 Å². The number of aliphatic hydroxyl groups is 1. The zero-order valence-electron chi connectivity index (χ0n) is 7.67. The highest BCUT2D eigenvalue weighted by Gasteiger charge is 2.56. The smallest absolute Gasteiger partial charge is 0.384 e. The molecule has 0 fully saturated rings. The summed E-state index contributed by atoms with van der Waals surface area (Å²) in [6.07, 6.45) is -17.7. The predicted molar refractivity (Wildman–Crippen MR) is 36.9 cm³/mol. The van der Waals surface area contributed by atoms with E-state index in [0.29, 0.717) is 0 Å². The van der Waals surface area contributed by atoms with Gasteiger partial charge >= 0.3 is 18.3 Å². The fourth-order valence-corrected chi connectivity index (χ4v) is 0.823. The van der Waals surface area contributed by atoms with E-state index in [1.165, 1.54) is 0 Å². The van der Waals surface area contributed by atoms with Gasteiger partial charge in [-0.2, -0.15) is 35.1 Å². The maximum absolute atomic E-state index is 12.2. The molecule has 1 N–H and O–H groups in total. The van der Waals surface area contributed by atoms with Crippen molar-refractivity contribution in [1.82, 2.24) is 0 Å². The van der Waals surface area contributed by atoms with Crippen LogP contribution in [0.5, 0.6) is 0 Å². The van der Waals surface area contributed by atoms with Crippen molar-refractivity contribution in [3.63, 3.8) is 0 Å². The molecule has 0 saturated carbocycles. The summed E-state index contributed by atoms with van der Waals surface area (Å²) in [5.41, 5.74) is 0. The molecule has 0 aromatic rings. The molecule has 0 aromatic carbocycles. The molecule has 16 heavy (non-hydrogen) atoms. The van der Waals surface area contributed by atoms with E-state index in [1.54, 1.807) is 0 Å². The van der Waals surface area contributed by atoms with Gasteiger partial charge in [0.15, 0.2) is 0 Å². The first-order valence-corrected chi connectivity index (χ1v) is 4.07. The van der Waals surface area contributed by atoms with Crippen LogP contribution in [0.3, 0.4) is 0 Å². The van der Waals surface area contributed by atoms with Gasteiger partial charge in [-0.1, -0.05) is 0 Å². The van der Waals surface area contributed by atoms with Crippen molar-refractivity contribution in [2.45, 2.75) is 43.6 Å². The van der Waals surface area contributed by atoms with Gasteiger partial charge in [-0.3, -0.25) is 0 Å². The Morgan fingerprint density at radius 3 is 1.62 bits per heavy atom. The Bertz CT molecular complexity index is 217. The molecule has 0 aliphatic heterocycles. The topological polar surface area (TPSA) is 20.2 Å². The Kier molecular flexibility index (Phi) is 4.55. The minimum atomic E-state index is -5.78. The first kappa shape index (κ1) is 15.4. The van der Waals surface area contributed by atoms with E-state index < -0.39 is 43.6 Å². The summed E-state index contributed by atoms with van der Waals surface area (Å²) in [5.74, 6) is -5.03. The summed E-state index contributed by atoms with van der Waals surface area (Å²) in [5, 5.41) is 8.33. The van der Waals surface area contributed by atoms with E-state index in [2.05, 4.69) is 0 Å². The summed E-state index contributed by atoms with van der Waals surface area (Å²) in [6.45, 7) is 0. The SMILES string of the molecule is OC(CCCC(F)(F)C(F)(F)F)C(F)(F)F. The van der Waals surface area contributed by atoms with Crippen molar-refractivity contribution < 1.29 is 40.2 Å². The van der Waals surface area contributed by atoms with Crippen LogP contribution in [0.1, 0.15) is 19.3 Å². The van der Waals surface area contributed by atoms with Crippen molar-refractivity contribution >= 4 is 0 Å². The molecule has 0 aliphatic carbocycles. The molecule has 0 radical (unpaired) electrons. The van der Waals surface area contributed by atoms with Gasteiger partial charge in [0.25, 0.3) is 0 Å². The quantitative estimate of drug-likeness (QED) is 0.769. The van der Waals surface area contributed by atoms with Crippen LogP contribution in [0.2, 0.25) is 0 Å².